The van der Waals surface area contributed by atoms with Gasteiger partial charge in [0.15, 0.2) is 10.1 Å². The van der Waals surface area contributed by atoms with Crippen molar-refractivity contribution < 1.29 is 19.5 Å². The smallest absolute Gasteiger partial charge is 0.336 e. The van der Waals surface area contributed by atoms with E-state index in [1.807, 2.05) is 30.3 Å². The van der Waals surface area contributed by atoms with Crippen molar-refractivity contribution in [2.45, 2.75) is 10.8 Å². The number of carboxylic acid groups (broad SMARTS) is 1. The predicted octanol–water partition coefficient (Wildman–Crippen LogP) is 6.79. The Morgan fingerprint density at radius 3 is 2.47 bits per heavy atom. The SMILES string of the molecule is O=C(CSc1nc2ccc(NC(=O)c3ccccc3C(=O)O)cc2s1)c1ccc2c(c1)Cc1ccccc1-2. The third-order valence-corrected chi connectivity index (χ3v) is 8.63. The van der Waals surface area contributed by atoms with Gasteiger partial charge in [0.25, 0.3) is 5.91 Å². The minimum absolute atomic E-state index is 0.0538. The minimum atomic E-state index is -1.16. The summed E-state index contributed by atoms with van der Waals surface area (Å²) in [5, 5.41) is 12.1. The van der Waals surface area contributed by atoms with Gasteiger partial charge in [-0.25, -0.2) is 9.78 Å². The molecule has 1 aliphatic rings. The molecule has 8 heteroatoms. The molecule has 0 spiro atoms. The van der Waals surface area contributed by atoms with Crippen LogP contribution in [0.5, 0.6) is 0 Å². The Hall–Kier alpha value is -4.27. The molecule has 1 aromatic heterocycles. The van der Waals surface area contributed by atoms with Crippen LogP contribution in [0.25, 0.3) is 21.3 Å². The van der Waals surface area contributed by atoms with Crippen LogP contribution in [0.3, 0.4) is 0 Å². The number of carbonyl (C=O) groups is 3. The number of amides is 1. The zero-order chi connectivity index (χ0) is 26.2. The Labute approximate surface area is 226 Å². The van der Waals surface area contributed by atoms with Gasteiger partial charge in [-0.05, 0) is 65.1 Å². The number of Topliss-reactive ketones (excluding diaryl/α,β-unsaturated/α-hetero) is 1. The number of ketones is 1. The highest BCUT2D eigenvalue weighted by Gasteiger charge is 2.20. The largest absolute Gasteiger partial charge is 0.478 e. The van der Waals surface area contributed by atoms with Crippen molar-refractivity contribution in [1.82, 2.24) is 4.98 Å². The summed E-state index contributed by atoms with van der Waals surface area (Å²) in [4.78, 5) is 41.7. The molecule has 2 N–H and O–H groups in total. The van der Waals surface area contributed by atoms with Crippen molar-refractivity contribution >= 4 is 56.7 Å². The summed E-state index contributed by atoms with van der Waals surface area (Å²) < 4.78 is 1.63. The number of fused-ring (bicyclic) bond motifs is 4. The lowest BCUT2D eigenvalue weighted by Crippen LogP contribution is -2.16. The molecular formula is C30H20N2O4S2. The molecule has 4 aromatic carbocycles. The molecule has 0 aliphatic heterocycles. The molecule has 0 atom stereocenters. The number of anilines is 1. The summed E-state index contributed by atoms with van der Waals surface area (Å²) in [5.74, 6) is -1.32. The van der Waals surface area contributed by atoms with Gasteiger partial charge < -0.3 is 10.4 Å². The predicted molar refractivity (Wildman–Crippen MR) is 151 cm³/mol. The van der Waals surface area contributed by atoms with Crippen LogP contribution in [0.1, 0.15) is 42.2 Å². The first-order chi connectivity index (χ1) is 18.5. The molecule has 1 aliphatic carbocycles. The maximum Gasteiger partial charge on any atom is 0.336 e. The second-order valence-corrected chi connectivity index (χ2v) is 11.1. The Balaban J connectivity index is 1.13. The zero-order valence-corrected chi connectivity index (χ0v) is 21.6. The number of thiazole rings is 1. The lowest BCUT2D eigenvalue weighted by atomic mass is 10.0. The first-order valence-electron chi connectivity index (χ1n) is 11.9. The van der Waals surface area contributed by atoms with E-state index in [4.69, 9.17) is 0 Å². The van der Waals surface area contributed by atoms with Crippen molar-refractivity contribution in [2.75, 3.05) is 11.1 Å². The molecule has 0 unspecified atom stereocenters. The number of aromatic carboxylic acids is 1. The average Bonchev–Trinajstić information content (AvgIpc) is 3.51. The topological polar surface area (TPSA) is 96.4 Å². The summed E-state index contributed by atoms with van der Waals surface area (Å²) in [6.45, 7) is 0. The zero-order valence-electron chi connectivity index (χ0n) is 19.9. The van der Waals surface area contributed by atoms with E-state index < -0.39 is 11.9 Å². The number of hydrogen-bond acceptors (Lipinski definition) is 6. The Morgan fingerprint density at radius 1 is 0.868 bits per heavy atom. The van der Waals surface area contributed by atoms with E-state index in [2.05, 4.69) is 22.4 Å². The minimum Gasteiger partial charge on any atom is -0.478 e. The quantitative estimate of drug-likeness (QED) is 0.172. The van der Waals surface area contributed by atoms with Crippen molar-refractivity contribution in [3.63, 3.8) is 0 Å². The Kier molecular flexibility index (Phi) is 6.27. The number of nitrogens with one attached hydrogen (secondary N) is 1. The number of nitrogens with zero attached hydrogens (tertiary/aromatic N) is 1. The van der Waals surface area contributed by atoms with Crippen molar-refractivity contribution in [3.05, 3.63) is 113 Å². The van der Waals surface area contributed by atoms with E-state index in [9.17, 15) is 19.5 Å². The molecule has 38 heavy (non-hydrogen) atoms. The molecule has 0 radical (unpaired) electrons. The number of carboxylic acids is 1. The van der Waals surface area contributed by atoms with Crippen molar-refractivity contribution in [1.29, 1.82) is 0 Å². The van der Waals surface area contributed by atoms with Crippen LogP contribution in [0.15, 0.2) is 89.3 Å². The number of thioether (sulfide) groups is 1. The highest BCUT2D eigenvalue weighted by molar-refractivity contribution is 8.01. The van der Waals surface area contributed by atoms with Crippen molar-refractivity contribution in [3.8, 4) is 11.1 Å². The van der Waals surface area contributed by atoms with Crippen LogP contribution >= 0.6 is 23.1 Å². The summed E-state index contributed by atoms with van der Waals surface area (Å²) in [5.41, 5.74) is 6.96. The van der Waals surface area contributed by atoms with Gasteiger partial charge in [-0.1, -0.05) is 60.3 Å². The van der Waals surface area contributed by atoms with Crippen LogP contribution in [0.4, 0.5) is 5.69 Å². The van der Waals surface area contributed by atoms with Crippen LogP contribution in [0, 0.1) is 0 Å². The third-order valence-electron chi connectivity index (χ3n) is 6.47. The number of aromatic nitrogens is 1. The van der Waals surface area contributed by atoms with E-state index in [0.717, 1.165) is 21.0 Å². The summed E-state index contributed by atoms with van der Waals surface area (Å²) >= 11 is 2.84. The number of hydrogen-bond donors (Lipinski definition) is 2. The van der Waals surface area contributed by atoms with Gasteiger partial charge in [0, 0.05) is 11.3 Å². The van der Waals surface area contributed by atoms with Gasteiger partial charge in [-0.2, -0.15) is 0 Å². The molecule has 6 rings (SSSR count). The molecule has 0 fully saturated rings. The van der Waals surface area contributed by atoms with Crippen LogP contribution in [-0.4, -0.2) is 33.5 Å². The summed E-state index contributed by atoms with van der Waals surface area (Å²) in [6.07, 6.45) is 0.846. The summed E-state index contributed by atoms with van der Waals surface area (Å²) in [6, 6.07) is 25.7. The number of rotatable bonds is 7. The number of carbonyl (C=O) groups excluding carboxylic acids is 2. The van der Waals surface area contributed by atoms with E-state index in [1.165, 1.54) is 57.5 Å². The molecule has 1 amide bonds. The van der Waals surface area contributed by atoms with Crippen molar-refractivity contribution in [2.24, 2.45) is 0 Å². The molecule has 5 aromatic rings. The van der Waals surface area contributed by atoms with Gasteiger partial charge in [-0.15, -0.1) is 11.3 Å². The Morgan fingerprint density at radius 2 is 1.63 bits per heavy atom. The van der Waals surface area contributed by atoms with Gasteiger partial charge >= 0.3 is 5.97 Å². The third kappa shape index (κ3) is 4.60. The first-order valence-corrected chi connectivity index (χ1v) is 13.7. The van der Waals surface area contributed by atoms with E-state index in [-0.39, 0.29) is 22.7 Å². The maximum absolute atomic E-state index is 13.0. The average molecular weight is 537 g/mol. The maximum atomic E-state index is 13.0. The monoisotopic (exact) mass is 536 g/mol. The fourth-order valence-corrected chi connectivity index (χ4v) is 6.64. The molecule has 6 nitrogen and oxygen atoms in total. The first kappa shape index (κ1) is 24.1. The van der Waals surface area contributed by atoms with E-state index in [1.54, 1.807) is 30.3 Å². The second-order valence-electron chi connectivity index (χ2n) is 8.88. The van der Waals surface area contributed by atoms with E-state index >= 15 is 0 Å². The fourth-order valence-electron chi connectivity index (χ4n) is 4.64. The molecule has 0 saturated heterocycles. The molecule has 1 heterocycles. The highest BCUT2D eigenvalue weighted by Crippen LogP contribution is 2.37. The molecule has 0 saturated carbocycles. The molecule has 186 valence electrons. The van der Waals surface area contributed by atoms with Crippen LogP contribution in [0.2, 0.25) is 0 Å². The van der Waals surface area contributed by atoms with Gasteiger partial charge in [0.05, 0.1) is 27.1 Å². The number of benzene rings is 4. The molecule has 0 bridgehead atoms. The summed E-state index contributed by atoms with van der Waals surface area (Å²) in [7, 11) is 0. The molecular weight excluding hydrogens is 516 g/mol. The van der Waals surface area contributed by atoms with Gasteiger partial charge in [0.2, 0.25) is 0 Å². The highest BCUT2D eigenvalue weighted by atomic mass is 32.2. The normalized spacial score (nSPS) is 11.7. The lowest BCUT2D eigenvalue weighted by Gasteiger charge is -2.07. The Bertz CT molecular complexity index is 1760. The van der Waals surface area contributed by atoms with Crippen LogP contribution in [-0.2, 0) is 6.42 Å². The second kappa shape index (κ2) is 9.89. The van der Waals surface area contributed by atoms with Gasteiger partial charge in [-0.3, -0.25) is 9.59 Å². The van der Waals surface area contributed by atoms with Crippen LogP contribution < -0.4 is 5.32 Å². The fraction of sp³-hybridized carbons (Fsp3) is 0.0667. The van der Waals surface area contributed by atoms with E-state index in [0.29, 0.717) is 11.3 Å². The lowest BCUT2D eigenvalue weighted by molar-refractivity contribution is 0.0692. The van der Waals surface area contributed by atoms with Gasteiger partial charge in [0.1, 0.15) is 0 Å². The standard InChI is InChI=1S/C30H20N2O4S2/c33-26(18-9-11-22-19(14-18)13-17-5-1-2-6-21(17)22)16-37-30-32-25-12-10-20(15-27(25)38-30)31-28(34)23-7-3-4-8-24(23)29(35)36/h1-12,14-15H,13,16H2,(H,31,34)(H,35,36).